The molecule has 1 saturated carbocycles. The third-order valence-electron chi connectivity index (χ3n) is 10.6. The van der Waals surface area contributed by atoms with Crippen molar-refractivity contribution in [2.75, 3.05) is 11.4 Å². The number of amides is 1. The van der Waals surface area contributed by atoms with E-state index in [9.17, 15) is 14.7 Å². The molecular weight excluding hydrogens is 737 g/mol. The molecule has 0 radical (unpaired) electrons. The molecule has 0 aromatic heterocycles. The summed E-state index contributed by atoms with van der Waals surface area (Å²) in [6, 6.07) is 33.2. The van der Waals surface area contributed by atoms with Gasteiger partial charge in [-0.25, -0.2) is 0 Å². The highest BCUT2D eigenvalue weighted by atomic mass is 32.2. The van der Waals surface area contributed by atoms with Crippen LogP contribution in [0, 0.1) is 5.92 Å². The van der Waals surface area contributed by atoms with E-state index in [-0.39, 0.29) is 15.0 Å². The van der Waals surface area contributed by atoms with Gasteiger partial charge in [0.25, 0.3) is 5.91 Å². The van der Waals surface area contributed by atoms with Crippen molar-refractivity contribution in [3.63, 3.8) is 0 Å². The van der Waals surface area contributed by atoms with Crippen molar-refractivity contribution in [1.82, 2.24) is 4.90 Å². The van der Waals surface area contributed by atoms with Crippen molar-refractivity contribution in [1.29, 1.82) is 0 Å². The van der Waals surface area contributed by atoms with Gasteiger partial charge in [-0.1, -0.05) is 137 Å². The Balaban J connectivity index is 0.975. The summed E-state index contributed by atoms with van der Waals surface area (Å²) in [5.74, 6) is -0.255. The van der Waals surface area contributed by atoms with E-state index in [1.54, 1.807) is 0 Å². The van der Waals surface area contributed by atoms with Crippen LogP contribution in [0.1, 0.15) is 99.1 Å². The van der Waals surface area contributed by atoms with Crippen LogP contribution in [0.4, 0.5) is 11.4 Å². The Morgan fingerprint density at radius 2 is 1.44 bits per heavy atom. The molecule has 2 heterocycles. The van der Waals surface area contributed by atoms with Gasteiger partial charge in [-0.05, 0) is 107 Å². The van der Waals surface area contributed by atoms with Crippen molar-refractivity contribution in [3.8, 4) is 0 Å². The van der Waals surface area contributed by atoms with E-state index >= 15 is 0 Å². The quantitative estimate of drug-likeness (QED) is 0.0627. The maximum atomic E-state index is 12.9. The summed E-state index contributed by atoms with van der Waals surface area (Å²) in [6.45, 7) is 8.87. The fourth-order valence-electron chi connectivity index (χ4n) is 7.73. The first-order valence-electron chi connectivity index (χ1n) is 19.2. The zero-order valence-electron chi connectivity index (χ0n) is 31.9. The number of rotatable bonds is 13. The summed E-state index contributed by atoms with van der Waals surface area (Å²) < 4.78 is 0.520. The van der Waals surface area contributed by atoms with Gasteiger partial charge in [-0.15, -0.1) is 11.8 Å². The number of carboxylic acid groups (broad SMARTS) is 1. The fraction of sp³-hybridized carbons (Fsp3) is 0.298. The highest BCUT2D eigenvalue weighted by Gasteiger charge is 2.42. The largest absolute Gasteiger partial charge is 0.480 e. The second-order valence-corrected chi connectivity index (χ2v) is 19.2. The summed E-state index contributed by atoms with van der Waals surface area (Å²) >= 11 is 8.42. The van der Waals surface area contributed by atoms with Crippen LogP contribution in [0.5, 0.6) is 0 Å². The standard InChI is InChI=1S/C47H48N2O3S3/c1-31(2)26-27-47(3,4)55-38-23-18-35(19-24-38)15-13-33-10-8-32(9-11-33)12-14-34-16-21-37(22-17-34)49-41-7-5-6-39(41)40-28-36(20-25-42(40)49)29-43-45(52)48(30-44(50)51)46(53)54-43/h8-25,28-29,31,39,41H,5-7,26-27,30H2,1-4H3,(H,50,51)/b14-12?,15-13?,43-29-. The summed E-state index contributed by atoms with van der Waals surface area (Å²) in [7, 11) is 0. The van der Waals surface area contributed by atoms with E-state index in [2.05, 4.69) is 142 Å². The average molecular weight is 785 g/mol. The fourth-order valence-corrected chi connectivity index (χ4v) is 10.1. The van der Waals surface area contributed by atoms with Gasteiger partial charge in [0, 0.05) is 33.0 Å². The third-order valence-corrected chi connectivity index (χ3v) is 13.3. The van der Waals surface area contributed by atoms with Crippen molar-refractivity contribution < 1.29 is 14.7 Å². The molecule has 4 aromatic carbocycles. The van der Waals surface area contributed by atoms with Gasteiger partial charge < -0.3 is 10.0 Å². The van der Waals surface area contributed by atoms with Gasteiger partial charge in [0.05, 0.1) is 4.91 Å². The Morgan fingerprint density at radius 3 is 2.02 bits per heavy atom. The van der Waals surface area contributed by atoms with Gasteiger partial charge in [-0.3, -0.25) is 14.5 Å². The number of thioether (sulfide) groups is 2. The first-order valence-corrected chi connectivity index (χ1v) is 21.2. The van der Waals surface area contributed by atoms with Crippen LogP contribution in [-0.4, -0.2) is 43.5 Å². The van der Waals surface area contributed by atoms with Crippen LogP contribution in [0.15, 0.2) is 101 Å². The van der Waals surface area contributed by atoms with E-state index in [1.807, 2.05) is 23.9 Å². The van der Waals surface area contributed by atoms with Gasteiger partial charge in [-0.2, -0.15) is 0 Å². The Labute approximate surface area is 339 Å². The molecule has 4 aromatic rings. The average Bonchev–Trinajstić information content (AvgIpc) is 3.83. The molecule has 0 spiro atoms. The zero-order chi connectivity index (χ0) is 38.7. The molecule has 1 amide bonds. The second-order valence-electron chi connectivity index (χ2n) is 15.7. The lowest BCUT2D eigenvalue weighted by atomic mass is 9.96. The molecule has 2 aliphatic heterocycles. The van der Waals surface area contributed by atoms with Crippen LogP contribution >= 0.6 is 35.7 Å². The molecule has 2 fully saturated rings. The molecule has 2 unspecified atom stereocenters. The molecule has 282 valence electrons. The molecular formula is C47H48N2O3S3. The lowest BCUT2D eigenvalue weighted by molar-refractivity contribution is -0.140. The molecule has 55 heavy (non-hydrogen) atoms. The molecule has 1 saturated heterocycles. The van der Waals surface area contributed by atoms with Crippen molar-refractivity contribution in [2.24, 2.45) is 5.92 Å². The number of aliphatic carboxylic acids is 1. The number of nitrogens with zero attached hydrogens (tertiary/aromatic N) is 2. The minimum absolute atomic E-state index is 0.237. The maximum Gasteiger partial charge on any atom is 0.323 e. The summed E-state index contributed by atoms with van der Waals surface area (Å²) in [6.07, 6.45) is 16.5. The predicted octanol–water partition coefficient (Wildman–Crippen LogP) is 12.4. The van der Waals surface area contributed by atoms with Crippen LogP contribution in [-0.2, 0) is 9.59 Å². The lowest BCUT2D eigenvalue weighted by Gasteiger charge is -2.27. The van der Waals surface area contributed by atoms with Crippen LogP contribution in [0.25, 0.3) is 30.4 Å². The number of anilines is 2. The van der Waals surface area contributed by atoms with E-state index < -0.39 is 12.5 Å². The van der Waals surface area contributed by atoms with Crippen molar-refractivity contribution in [2.45, 2.75) is 81.4 Å². The Kier molecular flexibility index (Phi) is 11.9. The summed E-state index contributed by atoms with van der Waals surface area (Å²) in [5.41, 5.74) is 9.33. The second kappa shape index (κ2) is 16.8. The number of fused-ring (bicyclic) bond motifs is 3. The van der Waals surface area contributed by atoms with Gasteiger partial charge in [0.1, 0.15) is 10.9 Å². The molecule has 2 atom stereocenters. The SMILES string of the molecule is CC(C)CCC(C)(C)Sc1ccc(C=Cc2ccc(C=Cc3ccc(N4c5ccc(/C=C6\SC(=S)N(CC(=O)O)C6=O)cc5C5CCCC54)cc3)cc2)cc1. The molecule has 0 bridgehead atoms. The Hall–Kier alpha value is -4.37. The van der Waals surface area contributed by atoms with E-state index in [0.717, 1.165) is 52.1 Å². The van der Waals surface area contributed by atoms with E-state index in [4.69, 9.17) is 12.2 Å². The summed E-state index contributed by atoms with van der Waals surface area (Å²) in [4.78, 5) is 29.5. The Bertz CT molecular complexity index is 2150. The van der Waals surface area contributed by atoms with Crippen molar-refractivity contribution >= 4 is 93.7 Å². The molecule has 3 aliphatic rings. The predicted molar refractivity (Wildman–Crippen MR) is 238 cm³/mol. The number of thiocarbonyl (C=S) groups is 1. The minimum Gasteiger partial charge on any atom is -0.480 e. The molecule has 8 heteroatoms. The van der Waals surface area contributed by atoms with Crippen LogP contribution < -0.4 is 4.90 Å². The number of carbonyl (C=O) groups is 2. The zero-order valence-corrected chi connectivity index (χ0v) is 34.4. The Morgan fingerprint density at radius 1 is 0.873 bits per heavy atom. The number of benzene rings is 4. The van der Waals surface area contributed by atoms with Crippen molar-refractivity contribution in [3.05, 3.63) is 129 Å². The van der Waals surface area contributed by atoms with Gasteiger partial charge in [0.15, 0.2) is 0 Å². The first-order chi connectivity index (χ1) is 26.4. The smallest absolute Gasteiger partial charge is 0.323 e. The number of carboxylic acids is 1. The topological polar surface area (TPSA) is 60.9 Å². The van der Waals surface area contributed by atoms with E-state index in [1.165, 1.54) is 52.2 Å². The normalized spacial score (nSPS) is 19.1. The number of carbonyl (C=O) groups excluding carboxylic acids is 1. The molecule has 7 rings (SSSR count). The summed E-state index contributed by atoms with van der Waals surface area (Å²) in [5, 5.41) is 9.19. The lowest BCUT2D eigenvalue weighted by Crippen LogP contribution is -2.33. The number of hydrogen-bond acceptors (Lipinski definition) is 6. The molecule has 1 N–H and O–H groups in total. The van der Waals surface area contributed by atoms with Crippen LogP contribution in [0.2, 0.25) is 0 Å². The minimum atomic E-state index is -1.08. The van der Waals surface area contributed by atoms with Gasteiger partial charge in [0.2, 0.25) is 0 Å². The van der Waals surface area contributed by atoms with Gasteiger partial charge >= 0.3 is 5.97 Å². The monoisotopic (exact) mass is 784 g/mol. The highest BCUT2D eigenvalue weighted by molar-refractivity contribution is 8.26. The first kappa shape index (κ1) is 38.9. The molecule has 5 nitrogen and oxygen atoms in total. The third kappa shape index (κ3) is 9.37. The maximum absolute atomic E-state index is 12.9. The number of hydrogen-bond donors (Lipinski definition) is 1. The highest BCUT2D eigenvalue weighted by Crippen LogP contribution is 2.52. The van der Waals surface area contributed by atoms with E-state index in [0.29, 0.717) is 16.9 Å². The van der Waals surface area contributed by atoms with Crippen LogP contribution in [0.3, 0.4) is 0 Å². The molecule has 1 aliphatic carbocycles.